The maximum absolute atomic E-state index is 12.3. The number of H-pyrrole nitrogens is 2. The summed E-state index contributed by atoms with van der Waals surface area (Å²) < 4.78 is 4.89. The second kappa shape index (κ2) is 5.14. The lowest BCUT2D eigenvalue weighted by Gasteiger charge is -2.40. The number of rotatable bonds is 2. The van der Waals surface area contributed by atoms with Gasteiger partial charge in [0.15, 0.2) is 0 Å². The van der Waals surface area contributed by atoms with Crippen LogP contribution in [-0.2, 0) is 16.0 Å². The smallest absolute Gasteiger partial charge is 0.312 e. The second-order valence-electron chi connectivity index (χ2n) is 5.89. The molecule has 0 bridgehead atoms. The first-order chi connectivity index (χ1) is 10.5. The van der Waals surface area contributed by atoms with Crippen molar-refractivity contribution in [3.63, 3.8) is 0 Å². The lowest BCUT2D eigenvalue weighted by atomic mass is 9.66. The lowest BCUT2D eigenvalue weighted by molar-refractivity contribution is -0.156. The summed E-state index contributed by atoms with van der Waals surface area (Å²) in [5, 5.41) is 16.1. The highest BCUT2D eigenvalue weighted by molar-refractivity contribution is 5.77. The van der Waals surface area contributed by atoms with E-state index in [1.807, 2.05) is 30.3 Å². The molecule has 2 aromatic rings. The van der Waals surface area contributed by atoms with Crippen LogP contribution in [0.5, 0.6) is 0 Å². The van der Waals surface area contributed by atoms with Crippen molar-refractivity contribution >= 4 is 5.97 Å². The lowest BCUT2D eigenvalue weighted by Crippen LogP contribution is -2.49. The highest BCUT2D eigenvalue weighted by atomic mass is 16.5. The van der Waals surface area contributed by atoms with Crippen molar-refractivity contribution in [1.82, 2.24) is 10.2 Å². The fourth-order valence-electron chi connectivity index (χ4n) is 3.40. The minimum atomic E-state index is -1.31. The molecule has 6 heteroatoms. The van der Waals surface area contributed by atoms with Gasteiger partial charge >= 0.3 is 5.97 Å². The number of methoxy groups -OCH3 is 1. The van der Waals surface area contributed by atoms with Gasteiger partial charge in [0.2, 0.25) is 0 Å². The van der Waals surface area contributed by atoms with Gasteiger partial charge in [0.05, 0.1) is 18.6 Å². The summed E-state index contributed by atoms with van der Waals surface area (Å²) >= 11 is 0. The van der Waals surface area contributed by atoms with Crippen molar-refractivity contribution in [2.75, 3.05) is 7.11 Å². The van der Waals surface area contributed by atoms with Crippen molar-refractivity contribution in [2.24, 2.45) is 5.92 Å². The van der Waals surface area contributed by atoms with Crippen LogP contribution in [0.4, 0.5) is 0 Å². The summed E-state index contributed by atoms with van der Waals surface area (Å²) in [6, 6.07) is 9.23. The minimum absolute atomic E-state index is 0.185. The third kappa shape index (κ3) is 2.16. The van der Waals surface area contributed by atoms with Crippen molar-refractivity contribution in [3.8, 4) is 0 Å². The van der Waals surface area contributed by atoms with Gasteiger partial charge in [-0.3, -0.25) is 14.7 Å². The molecule has 1 heterocycles. The second-order valence-corrected chi connectivity index (χ2v) is 5.89. The van der Waals surface area contributed by atoms with Gasteiger partial charge in [0.1, 0.15) is 0 Å². The summed E-state index contributed by atoms with van der Waals surface area (Å²) in [5.74, 6) is -1.92. The van der Waals surface area contributed by atoms with Crippen LogP contribution >= 0.6 is 0 Å². The van der Waals surface area contributed by atoms with Crippen molar-refractivity contribution in [3.05, 3.63) is 57.5 Å². The van der Waals surface area contributed by atoms with Crippen LogP contribution in [-0.4, -0.2) is 34.0 Å². The van der Waals surface area contributed by atoms with Crippen molar-refractivity contribution in [1.29, 1.82) is 0 Å². The van der Waals surface area contributed by atoms with Crippen LogP contribution in [0, 0.1) is 5.92 Å². The third-order valence-corrected chi connectivity index (χ3v) is 4.36. The van der Waals surface area contributed by atoms with Gasteiger partial charge in [-0.25, -0.2) is 0 Å². The Morgan fingerprint density at radius 1 is 1.32 bits per heavy atom. The maximum atomic E-state index is 12.3. The molecular weight excluding hydrogens is 284 g/mol. The van der Waals surface area contributed by atoms with E-state index in [9.17, 15) is 14.7 Å². The molecule has 3 rings (SSSR count). The Balaban J connectivity index is 2.25. The molecule has 3 N–H and O–H groups in total. The number of carbonyl (C=O) groups excluding carboxylic acids is 1. The normalized spacial score (nSPS) is 27.2. The number of fused-ring (bicyclic) bond motifs is 1. The van der Waals surface area contributed by atoms with E-state index in [-0.39, 0.29) is 12.0 Å². The number of aromatic amines is 2. The molecule has 0 spiro atoms. The van der Waals surface area contributed by atoms with E-state index in [0.29, 0.717) is 11.3 Å². The number of nitrogens with one attached hydrogen (secondary N) is 2. The molecule has 1 aromatic heterocycles. The van der Waals surface area contributed by atoms with E-state index < -0.39 is 23.4 Å². The largest absolute Gasteiger partial charge is 0.469 e. The van der Waals surface area contributed by atoms with Crippen molar-refractivity contribution in [2.45, 2.75) is 24.9 Å². The molecule has 0 radical (unpaired) electrons. The number of ether oxygens (including phenoxy) is 1. The Hall–Kier alpha value is -2.34. The topological polar surface area (TPSA) is 95.2 Å². The number of aliphatic hydroxyl groups is 1. The van der Waals surface area contributed by atoms with Gasteiger partial charge < -0.3 is 14.9 Å². The first-order valence-corrected chi connectivity index (χ1v) is 7.10. The number of carbonyl (C=O) groups is 1. The molecule has 0 amide bonds. The maximum Gasteiger partial charge on any atom is 0.312 e. The number of esters is 1. The van der Waals surface area contributed by atoms with Crippen LogP contribution in [0.1, 0.15) is 29.7 Å². The van der Waals surface area contributed by atoms with Gasteiger partial charge in [-0.05, 0) is 12.5 Å². The predicted octanol–water partition coefficient (Wildman–Crippen LogP) is 0.931. The van der Waals surface area contributed by atoms with E-state index >= 15 is 0 Å². The molecule has 6 nitrogen and oxygen atoms in total. The number of benzene rings is 1. The fourth-order valence-corrected chi connectivity index (χ4v) is 3.40. The summed E-state index contributed by atoms with van der Waals surface area (Å²) in [5.41, 5.74) is 0.334. The molecule has 1 aromatic carbocycles. The summed E-state index contributed by atoms with van der Waals surface area (Å²) in [4.78, 5) is 24.5. The third-order valence-electron chi connectivity index (χ3n) is 4.36. The Morgan fingerprint density at radius 3 is 2.64 bits per heavy atom. The molecule has 0 unspecified atom stereocenters. The molecule has 0 saturated carbocycles. The number of aromatic nitrogens is 2. The fraction of sp³-hybridized carbons (Fsp3) is 0.375. The number of hydrogen-bond donors (Lipinski definition) is 3. The van der Waals surface area contributed by atoms with Gasteiger partial charge in [0, 0.05) is 23.6 Å². The summed E-state index contributed by atoms with van der Waals surface area (Å²) in [7, 11) is 1.29. The van der Waals surface area contributed by atoms with E-state index in [1.54, 1.807) is 6.92 Å². The van der Waals surface area contributed by atoms with Gasteiger partial charge in [-0.1, -0.05) is 30.3 Å². The monoisotopic (exact) mass is 302 g/mol. The Morgan fingerprint density at radius 2 is 2.00 bits per heavy atom. The zero-order valence-electron chi connectivity index (χ0n) is 12.4. The first-order valence-electron chi connectivity index (χ1n) is 7.10. The van der Waals surface area contributed by atoms with Crippen LogP contribution in [0.3, 0.4) is 0 Å². The molecular formula is C16H18N2O4. The van der Waals surface area contributed by atoms with Crippen LogP contribution in [0.2, 0.25) is 0 Å². The Labute approximate surface area is 127 Å². The highest BCUT2D eigenvalue weighted by Crippen LogP contribution is 2.44. The van der Waals surface area contributed by atoms with Crippen molar-refractivity contribution < 1.29 is 14.6 Å². The summed E-state index contributed by atoms with van der Waals surface area (Å²) in [6.07, 6.45) is 0.185. The molecule has 22 heavy (non-hydrogen) atoms. The van der Waals surface area contributed by atoms with Gasteiger partial charge in [-0.2, -0.15) is 0 Å². The van der Waals surface area contributed by atoms with E-state index in [1.165, 1.54) is 7.11 Å². The van der Waals surface area contributed by atoms with E-state index in [2.05, 4.69) is 10.2 Å². The average molecular weight is 302 g/mol. The van der Waals surface area contributed by atoms with Crippen LogP contribution < -0.4 is 5.56 Å². The van der Waals surface area contributed by atoms with Gasteiger partial charge in [-0.15, -0.1) is 0 Å². The standard InChI is InChI=1S/C16H18N2O4/c1-16(21)8-10-12(14(19)18-17-10)11(13(16)15(20)22-2)9-6-4-3-5-7-9/h3-7,11,13,21H,8H2,1-2H3,(H2,17,18,19)/t11-,13-,16-/m1/s1. The molecule has 3 atom stereocenters. The highest BCUT2D eigenvalue weighted by Gasteiger charge is 2.50. The molecule has 116 valence electrons. The van der Waals surface area contributed by atoms with Crippen LogP contribution in [0.25, 0.3) is 0 Å². The Kier molecular flexibility index (Phi) is 3.41. The first kappa shape index (κ1) is 14.6. The SMILES string of the molecule is COC(=O)[C@H]1[C@H](c2ccccc2)c2c([nH][nH]c2=O)C[C@@]1(C)O. The Bertz CT molecular complexity index is 745. The quantitative estimate of drug-likeness (QED) is 0.719. The summed E-state index contributed by atoms with van der Waals surface area (Å²) in [6.45, 7) is 1.60. The predicted molar refractivity (Wildman–Crippen MR) is 79.5 cm³/mol. The van der Waals surface area contributed by atoms with Gasteiger partial charge in [0.25, 0.3) is 5.56 Å². The van der Waals surface area contributed by atoms with Crippen LogP contribution in [0.15, 0.2) is 35.1 Å². The molecule has 0 aliphatic heterocycles. The zero-order valence-corrected chi connectivity index (χ0v) is 12.4. The molecule has 1 aliphatic carbocycles. The zero-order chi connectivity index (χ0) is 15.9. The average Bonchev–Trinajstić information content (AvgIpc) is 2.85. The van der Waals surface area contributed by atoms with E-state index in [4.69, 9.17) is 4.74 Å². The molecule has 0 saturated heterocycles. The number of hydrogen-bond acceptors (Lipinski definition) is 4. The molecule has 1 aliphatic rings. The van der Waals surface area contributed by atoms with E-state index in [0.717, 1.165) is 5.56 Å². The molecule has 0 fully saturated rings. The minimum Gasteiger partial charge on any atom is -0.469 e.